The van der Waals surface area contributed by atoms with Gasteiger partial charge < -0.3 is 14.5 Å². The molecule has 1 unspecified atom stereocenters. The molecule has 22 heavy (non-hydrogen) atoms. The average Bonchev–Trinajstić information content (AvgIpc) is 3.24. The van der Waals surface area contributed by atoms with Crippen LogP contribution in [-0.4, -0.2) is 29.2 Å². The van der Waals surface area contributed by atoms with E-state index in [1.165, 1.54) is 0 Å². The lowest BCUT2D eigenvalue weighted by Crippen LogP contribution is -2.08. The summed E-state index contributed by atoms with van der Waals surface area (Å²) in [6.07, 6.45) is 5.82. The normalized spacial score (nSPS) is 17.5. The van der Waals surface area contributed by atoms with E-state index >= 15 is 0 Å². The smallest absolute Gasteiger partial charge is 0.306 e. The van der Waals surface area contributed by atoms with Crippen LogP contribution < -0.4 is 0 Å². The summed E-state index contributed by atoms with van der Waals surface area (Å²) in [5.41, 5.74) is 3.02. The second-order valence-corrected chi connectivity index (χ2v) is 5.59. The molecule has 1 aliphatic heterocycles. The Morgan fingerprint density at radius 3 is 2.91 bits per heavy atom. The van der Waals surface area contributed by atoms with E-state index < -0.39 is 0 Å². The first-order valence-electron chi connectivity index (χ1n) is 7.62. The fraction of sp³-hybridized carbons (Fsp3) is 0.412. The number of esters is 1. The predicted octanol–water partition coefficient (Wildman–Crippen LogP) is 2.94. The Labute approximate surface area is 129 Å². The van der Waals surface area contributed by atoms with Gasteiger partial charge in [0.15, 0.2) is 0 Å². The third-order valence-electron chi connectivity index (χ3n) is 3.94. The topological polar surface area (TPSA) is 64.2 Å². The number of aromatic nitrogens is 2. The lowest BCUT2D eigenvalue weighted by Gasteiger charge is -2.08. The molecule has 1 atom stereocenters. The van der Waals surface area contributed by atoms with Crippen molar-refractivity contribution < 1.29 is 14.3 Å². The first-order chi connectivity index (χ1) is 10.8. The maximum absolute atomic E-state index is 11.8. The zero-order chi connectivity index (χ0) is 15.2. The number of carbonyl (C=O) groups is 1. The summed E-state index contributed by atoms with van der Waals surface area (Å²) >= 11 is 0. The van der Waals surface area contributed by atoms with Gasteiger partial charge in [-0.15, -0.1) is 0 Å². The lowest BCUT2D eigenvalue weighted by atomic mass is 10.0. The van der Waals surface area contributed by atoms with Gasteiger partial charge in [0.25, 0.3) is 0 Å². The zero-order valence-corrected chi connectivity index (χ0v) is 12.5. The number of hydrogen-bond donors (Lipinski definition) is 1. The number of ether oxygens (including phenoxy) is 2. The van der Waals surface area contributed by atoms with E-state index in [1.54, 1.807) is 12.5 Å². The third-order valence-corrected chi connectivity index (χ3v) is 3.94. The number of hydrogen-bond acceptors (Lipinski definition) is 4. The Morgan fingerprint density at radius 2 is 2.23 bits per heavy atom. The van der Waals surface area contributed by atoms with Gasteiger partial charge in [-0.2, -0.15) is 0 Å². The molecule has 1 saturated heterocycles. The Bertz CT molecular complexity index is 587. The third kappa shape index (κ3) is 3.95. The van der Waals surface area contributed by atoms with Crippen molar-refractivity contribution in [3.8, 4) is 11.3 Å². The van der Waals surface area contributed by atoms with Crippen molar-refractivity contribution in [3.05, 3.63) is 42.4 Å². The van der Waals surface area contributed by atoms with Gasteiger partial charge >= 0.3 is 5.97 Å². The standard InChI is InChI=1S/C17H20N2O3/c20-17(6-3-14-7-8-21-10-14)22-11-13-1-4-15(5-2-13)16-9-18-12-19-16/h1-2,4-5,9,12,14H,3,6-8,10-11H2,(H,18,19). The van der Waals surface area contributed by atoms with Crippen LogP contribution in [0.5, 0.6) is 0 Å². The Morgan fingerprint density at radius 1 is 1.36 bits per heavy atom. The van der Waals surface area contributed by atoms with Crippen LogP contribution in [0, 0.1) is 5.92 Å². The fourth-order valence-corrected chi connectivity index (χ4v) is 2.56. The molecular weight excluding hydrogens is 280 g/mol. The molecule has 0 saturated carbocycles. The zero-order valence-electron chi connectivity index (χ0n) is 12.5. The monoisotopic (exact) mass is 300 g/mol. The quantitative estimate of drug-likeness (QED) is 0.833. The molecule has 0 spiro atoms. The summed E-state index contributed by atoms with van der Waals surface area (Å²) in [6, 6.07) is 7.92. The number of carbonyl (C=O) groups excluding carboxylic acids is 1. The molecule has 5 nitrogen and oxygen atoms in total. The second-order valence-electron chi connectivity index (χ2n) is 5.59. The van der Waals surface area contributed by atoms with Gasteiger partial charge in [-0.3, -0.25) is 4.79 Å². The molecule has 1 N–H and O–H groups in total. The van der Waals surface area contributed by atoms with E-state index in [0.717, 1.165) is 42.9 Å². The Hall–Kier alpha value is -2.14. The number of aromatic amines is 1. The summed E-state index contributed by atoms with van der Waals surface area (Å²) in [7, 11) is 0. The fourth-order valence-electron chi connectivity index (χ4n) is 2.56. The van der Waals surface area contributed by atoms with Crippen molar-refractivity contribution >= 4 is 5.97 Å². The molecule has 1 fully saturated rings. The van der Waals surface area contributed by atoms with Gasteiger partial charge in [0.2, 0.25) is 0 Å². The van der Waals surface area contributed by atoms with E-state index in [-0.39, 0.29) is 5.97 Å². The van der Waals surface area contributed by atoms with Crippen LogP contribution in [0.1, 0.15) is 24.8 Å². The molecule has 2 aromatic rings. The molecule has 2 heterocycles. The van der Waals surface area contributed by atoms with Gasteiger partial charge in [-0.1, -0.05) is 24.3 Å². The minimum atomic E-state index is -0.135. The van der Waals surface area contributed by atoms with Crippen molar-refractivity contribution in [2.75, 3.05) is 13.2 Å². The lowest BCUT2D eigenvalue weighted by molar-refractivity contribution is -0.145. The van der Waals surface area contributed by atoms with Crippen LogP contribution in [0.4, 0.5) is 0 Å². The van der Waals surface area contributed by atoms with Crippen molar-refractivity contribution in [2.45, 2.75) is 25.9 Å². The highest BCUT2D eigenvalue weighted by Gasteiger charge is 2.17. The van der Waals surface area contributed by atoms with Crippen molar-refractivity contribution in [1.82, 2.24) is 9.97 Å². The first kappa shape index (κ1) is 14.8. The molecule has 1 aromatic carbocycles. The Kier molecular flexibility index (Phi) is 4.85. The van der Waals surface area contributed by atoms with E-state index in [1.807, 2.05) is 24.3 Å². The van der Waals surface area contributed by atoms with E-state index in [9.17, 15) is 4.79 Å². The van der Waals surface area contributed by atoms with E-state index in [2.05, 4.69) is 9.97 Å². The molecule has 116 valence electrons. The van der Waals surface area contributed by atoms with Crippen molar-refractivity contribution in [2.24, 2.45) is 5.92 Å². The summed E-state index contributed by atoms with van der Waals surface area (Å²) in [6.45, 7) is 1.92. The minimum Gasteiger partial charge on any atom is -0.461 e. The summed E-state index contributed by atoms with van der Waals surface area (Å²) in [5, 5.41) is 0. The van der Waals surface area contributed by atoms with E-state index in [0.29, 0.717) is 18.9 Å². The molecule has 3 rings (SSSR count). The molecular formula is C17H20N2O3. The van der Waals surface area contributed by atoms with Crippen LogP contribution in [0.25, 0.3) is 11.3 Å². The molecule has 1 aliphatic rings. The van der Waals surface area contributed by atoms with Crippen LogP contribution in [0.3, 0.4) is 0 Å². The summed E-state index contributed by atoms with van der Waals surface area (Å²) in [4.78, 5) is 18.8. The van der Waals surface area contributed by atoms with Gasteiger partial charge in [0, 0.05) is 19.6 Å². The number of nitrogens with zero attached hydrogens (tertiary/aromatic N) is 1. The number of benzene rings is 1. The van der Waals surface area contributed by atoms with Gasteiger partial charge in [0.1, 0.15) is 6.61 Å². The number of H-pyrrole nitrogens is 1. The van der Waals surface area contributed by atoms with Gasteiger partial charge in [-0.05, 0) is 29.9 Å². The number of rotatable bonds is 6. The molecule has 0 amide bonds. The highest BCUT2D eigenvalue weighted by Crippen LogP contribution is 2.19. The SMILES string of the molecule is O=C(CCC1CCOC1)OCc1ccc(-c2cnc[nH]2)cc1. The van der Waals surface area contributed by atoms with Crippen LogP contribution in [0.15, 0.2) is 36.8 Å². The second kappa shape index (κ2) is 7.22. The highest BCUT2D eigenvalue weighted by atomic mass is 16.5. The molecule has 1 aromatic heterocycles. The van der Waals surface area contributed by atoms with Crippen LogP contribution in [0.2, 0.25) is 0 Å². The van der Waals surface area contributed by atoms with E-state index in [4.69, 9.17) is 9.47 Å². The molecule has 5 heteroatoms. The molecule has 0 aliphatic carbocycles. The van der Waals surface area contributed by atoms with Gasteiger partial charge in [-0.25, -0.2) is 4.98 Å². The van der Waals surface area contributed by atoms with Crippen LogP contribution >= 0.6 is 0 Å². The highest BCUT2D eigenvalue weighted by molar-refractivity contribution is 5.69. The van der Waals surface area contributed by atoms with Crippen molar-refractivity contribution in [1.29, 1.82) is 0 Å². The number of imidazole rings is 1. The Balaban J connectivity index is 1.43. The first-order valence-corrected chi connectivity index (χ1v) is 7.62. The predicted molar refractivity (Wildman–Crippen MR) is 82.0 cm³/mol. The minimum absolute atomic E-state index is 0.135. The average molecular weight is 300 g/mol. The maximum Gasteiger partial charge on any atom is 0.306 e. The largest absolute Gasteiger partial charge is 0.461 e. The van der Waals surface area contributed by atoms with Crippen molar-refractivity contribution in [3.63, 3.8) is 0 Å². The molecule has 0 bridgehead atoms. The summed E-state index contributed by atoms with van der Waals surface area (Å²) < 4.78 is 10.6. The van der Waals surface area contributed by atoms with Gasteiger partial charge in [0.05, 0.1) is 18.2 Å². The molecule has 0 radical (unpaired) electrons. The number of nitrogens with one attached hydrogen (secondary N) is 1. The maximum atomic E-state index is 11.8. The van der Waals surface area contributed by atoms with Crippen LogP contribution in [-0.2, 0) is 20.9 Å². The summed E-state index contributed by atoms with van der Waals surface area (Å²) in [5.74, 6) is 0.380.